The molecule has 88 valence electrons. The monoisotopic (exact) mass is 235 g/mol. The third kappa shape index (κ3) is 1.72. The van der Waals surface area contributed by atoms with Gasteiger partial charge in [0, 0.05) is 15.8 Å². The minimum Gasteiger partial charge on any atom is -0.312 e. The zero-order valence-electron chi connectivity index (χ0n) is 10.2. The Balaban J connectivity index is 1.77. The first-order valence-corrected chi connectivity index (χ1v) is 7.36. The van der Waals surface area contributed by atoms with Gasteiger partial charge in [0.15, 0.2) is 0 Å². The van der Waals surface area contributed by atoms with Gasteiger partial charge in [-0.25, -0.2) is 0 Å². The summed E-state index contributed by atoms with van der Waals surface area (Å²) in [6, 6.07) is 5.22. The summed E-state index contributed by atoms with van der Waals surface area (Å²) < 4.78 is 0. The highest BCUT2D eigenvalue weighted by Crippen LogP contribution is 2.60. The fraction of sp³-hybridized carbons (Fsp3) is 0.714. The lowest BCUT2D eigenvalue weighted by atomic mass is 10.0. The quantitative estimate of drug-likeness (QED) is 0.841. The fourth-order valence-corrected chi connectivity index (χ4v) is 4.73. The molecule has 0 radical (unpaired) electrons. The average Bonchev–Trinajstić information content (AvgIpc) is 2.86. The molecular weight excluding hydrogens is 214 g/mol. The van der Waals surface area contributed by atoms with E-state index in [-0.39, 0.29) is 0 Å². The summed E-state index contributed by atoms with van der Waals surface area (Å²) in [7, 11) is 2.13. The second kappa shape index (κ2) is 4.15. The molecule has 1 aromatic heterocycles. The normalized spacial score (nSPS) is 34.5. The van der Waals surface area contributed by atoms with Crippen LogP contribution in [0.2, 0.25) is 0 Å². The Hall–Kier alpha value is -0.340. The Morgan fingerprint density at radius 2 is 1.94 bits per heavy atom. The smallest absolute Gasteiger partial charge is 0.0446 e. The molecule has 0 bridgehead atoms. The van der Waals surface area contributed by atoms with Crippen molar-refractivity contribution in [2.45, 2.75) is 38.6 Å². The van der Waals surface area contributed by atoms with Crippen LogP contribution in [0.1, 0.15) is 41.5 Å². The van der Waals surface area contributed by atoms with Crippen molar-refractivity contribution in [2.75, 3.05) is 7.05 Å². The van der Waals surface area contributed by atoms with Crippen LogP contribution in [0.25, 0.3) is 0 Å². The summed E-state index contributed by atoms with van der Waals surface area (Å²) in [5, 5.41) is 3.56. The Labute approximate surface area is 102 Å². The molecule has 1 nitrogen and oxygen atoms in total. The van der Waals surface area contributed by atoms with Gasteiger partial charge in [0.05, 0.1) is 0 Å². The van der Waals surface area contributed by atoms with Crippen LogP contribution in [0.15, 0.2) is 12.1 Å². The second-order valence-electron chi connectivity index (χ2n) is 5.40. The van der Waals surface area contributed by atoms with Crippen molar-refractivity contribution in [3.63, 3.8) is 0 Å². The summed E-state index contributed by atoms with van der Waals surface area (Å²) in [5.41, 5.74) is 0. The number of aryl methyl sites for hydroxylation is 1. The van der Waals surface area contributed by atoms with Crippen molar-refractivity contribution in [2.24, 2.45) is 17.8 Å². The summed E-state index contributed by atoms with van der Waals surface area (Å²) in [6.07, 6.45) is 5.91. The van der Waals surface area contributed by atoms with Gasteiger partial charge >= 0.3 is 0 Å². The maximum absolute atomic E-state index is 3.56. The molecule has 2 fully saturated rings. The van der Waals surface area contributed by atoms with E-state index >= 15 is 0 Å². The highest BCUT2D eigenvalue weighted by atomic mass is 32.1. The van der Waals surface area contributed by atoms with Gasteiger partial charge in [-0.15, -0.1) is 11.3 Å². The molecule has 3 unspecified atom stereocenters. The highest BCUT2D eigenvalue weighted by Gasteiger charge is 2.54. The van der Waals surface area contributed by atoms with Gasteiger partial charge in [0.2, 0.25) is 0 Å². The van der Waals surface area contributed by atoms with E-state index in [0.717, 1.165) is 17.8 Å². The van der Waals surface area contributed by atoms with E-state index in [0.29, 0.717) is 6.04 Å². The minimum atomic E-state index is 0.631. The van der Waals surface area contributed by atoms with Crippen molar-refractivity contribution in [3.05, 3.63) is 21.9 Å². The number of hydrogen-bond donors (Lipinski definition) is 1. The molecule has 3 atom stereocenters. The van der Waals surface area contributed by atoms with Gasteiger partial charge < -0.3 is 5.32 Å². The van der Waals surface area contributed by atoms with Gasteiger partial charge in [0.25, 0.3) is 0 Å². The SMILES string of the molecule is CNC(c1ccc(C)s1)C1C2CCCCC21. The van der Waals surface area contributed by atoms with E-state index in [2.05, 4.69) is 31.4 Å². The largest absolute Gasteiger partial charge is 0.312 e. The van der Waals surface area contributed by atoms with Crippen LogP contribution in [0, 0.1) is 24.7 Å². The molecule has 0 aliphatic heterocycles. The van der Waals surface area contributed by atoms with Gasteiger partial charge in [-0.2, -0.15) is 0 Å². The maximum Gasteiger partial charge on any atom is 0.0446 e. The lowest BCUT2D eigenvalue weighted by Gasteiger charge is -2.14. The maximum atomic E-state index is 3.56. The molecule has 0 aromatic carbocycles. The molecule has 3 rings (SSSR count). The van der Waals surface area contributed by atoms with Gasteiger partial charge in [0.1, 0.15) is 0 Å². The third-order valence-electron chi connectivity index (χ3n) is 4.49. The predicted octanol–water partition coefficient (Wildman–Crippen LogP) is 3.75. The molecule has 2 aliphatic carbocycles. The van der Waals surface area contributed by atoms with E-state index in [4.69, 9.17) is 0 Å². The lowest BCUT2D eigenvalue weighted by Crippen LogP contribution is -2.18. The molecular formula is C14H21NS. The van der Waals surface area contributed by atoms with Crippen molar-refractivity contribution >= 4 is 11.3 Å². The van der Waals surface area contributed by atoms with Gasteiger partial charge in [-0.3, -0.25) is 0 Å². The molecule has 1 heterocycles. The van der Waals surface area contributed by atoms with Crippen LogP contribution in [0.5, 0.6) is 0 Å². The Kier molecular flexibility index (Phi) is 2.80. The average molecular weight is 235 g/mol. The molecule has 2 aliphatic rings. The van der Waals surface area contributed by atoms with Crippen molar-refractivity contribution in [1.29, 1.82) is 0 Å². The third-order valence-corrected chi connectivity index (χ3v) is 5.57. The molecule has 0 spiro atoms. The number of nitrogens with one attached hydrogen (secondary N) is 1. The molecule has 0 saturated heterocycles. The van der Waals surface area contributed by atoms with Crippen molar-refractivity contribution < 1.29 is 0 Å². The summed E-state index contributed by atoms with van der Waals surface area (Å²) >= 11 is 1.97. The molecule has 0 amide bonds. The summed E-state index contributed by atoms with van der Waals surface area (Å²) in [5.74, 6) is 3.01. The van der Waals surface area contributed by atoms with Crippen LogP contribution in [-0.4, -0.2) is 7.05 Å². The van der Waals surface area contributed by atoms with Gasteiger partial charge in [-0.05, 0) is 56.7 Å². The van der Waals surface area contributed by atoms with E-state index < -0.39 is 0 Å². The Morgan fingerprint density at radius 3 is 2.44 bits per heavy atom. The molecule has 1 aromatic rings. The topological polar surface area (TPSA) is 12.0 Å². The molecule has 16 heavy (non-hydrogen) atoms. The predicted molar refractivity (Wildman–Crippen MR) is 69.8 cm³/mol. The van der Waals surface area contributed by atoms with Gasteiger partial charge in [-0.1, -0.05) is 12.8 Å². The van der Waals surface area contributed by atoms with Crippen molar-refractivity contribution in [1.82, 2.24) is 5.32 Å². The van der Waals surface area contributed by atoms with E-state index in [9.17, 15) is 0 Å². The Morgan fingerprint density at radius 1 is 1.25 bits per heavy atom. The molecule has 2 saturated carbocycles. The van der Waals surface area contributed by atoms with Crippen LogP contribution in [0.3, 0.4) is 0 Å². The number of fused-ring (bicyclic) bond motifs is 1. The van der Waals surface area contributed by atoms with Crippen LogP contribution >= 0.6 is 11.3 Å². The summed E-state index contributed by atoms with van der Waals surface area (Å²) in [6.45, 7) is 2.21. The molecule has 1 N–H and O–H groups in total. The zero-order chi connectivity index (χ0) is 11.1. The second-order valence-corrected chi connectivity index (χ2v) is 6.72. The van der Waals surface area contributed by atoms with E-state index in [1.54, 1.807) is 4.88 Å². The lowest BCUT2D eigenvalue weighted by molar-refractivity contribution is 0.480. The number of hydrogen-bond acceptors (Lipinski definition) is 2. The minimum absolute atomic E-state index is 0.631. The summed E-state index contributed by atoms with van der Waals surface area (Å²) in [4.78, 5) is 3.00. The fourth-order valence-electron chi connectivity index (χ4n) is 3.69. The van der Waals surface area contributed by atoms with Crippen LogP contribution < -0.4 is 5.32 Å². The zero-order valence-corrected chi connectivity index (χ0v) is 11.0. The highest BCUT2D eigenvalue weighted by molar-refractivity contribution is 7.12. The first-order valence-electron chi connectivity index (χ1n) is 6.55. The van der Waals surface area contributed by atoms with E-state index in [1.165, 1.54) is 30.6 Å². The molecule has 2 heteroatoms. The van der Waals surface area contributed by atoms with E-state index in [1.807, 2.05) is 11.3 Å². The van der Waals surface area contributed by atoms with Crippen LogP contribution in [-0.2, 0) is 0 Å². The standard InChI is InChI=1S/C14H21NS/c1-9-7-8-12(16-9)14(15-2)13-10-5-3-4-6-11(10)13/h7-8,10-11,13-15H,3-6H2,1-2H3. The van der Waals surface area contributed by atoms with Crippen molar-refractivity contribution in [3.8, 4) is 0 Å². The first-order chi connectivity index (χ1) is 7.81. The first kappa shape index (κ1) is 10.8. The Bertz CT molecular complexity index is 359. The number of thiophene rings is 1. The van der Waals surface area contributed by atoms with Crippen LogP contribution in [0.4, 0.5) is 0 Å². The number of rotatable bonds is 3.